The van der Waals surface area contributed by atoms with E-state index in [1.807, 2.05) is 19.1 Å². The summed E-state index contributed by atoms with van der Waals surface area (Å²) in [6.07, 6.45) is 5.86. The van der Waals surface area contributed by atoms with Crippen molar-refractivity contribution < 1.29 is 4.39 Å². The van der Waals surface area contributed by atoms with Crippen LogP contribution < -0.4 is 0 Å². The van der Waals surface area contributed by atoms with Gasteiger partial charge >= 0.3 is 0 Å². The molecule has 1 rings (SSSR count). The van der Waals surface area contributed by atoms with Crippen LogP contribution >= 0.6 is 11.6 Å². The summed E-state index contributed by atoms with van der Waals surface area (Å²) in [5.41, 5.74) is 0.986. The monoisotopic (exact) mass is 198 g/mol. The van der Waals surface area contributed by atoms with Crippen LogP contribution in [0, 0.1) is 5.82 Å². The highest BCUT2D eigenvalue weighted by Crippen LogP contribution is 2.16. The molecule has 0 aliphatic rings. The van der Waals surface area contributed by atoms with Crippen LogP contribution in [0.1, 0.15) is 18.9 Å². The van der Waals surface area contributed by atoms with Crippen molar-refractivity contribution in [2.45, 2.75) is 19.8 Å². The molecule has 0 amide bonds. The molecule has 13 heavy (non-hydrogen) atoms. The van der Waals surface area contributed by atoms with Gasteiger partial charge in [0.15, 0.2) is 0 Å². The van der Waals surface area contributed by atoms with Gasteiger partial charge in [0.05, 0.1) is 5.02 Å². The van der Waals surface area contributed by atoms with E-state index >= 15 is 0 Å². The number of benzene rings is 1. The zero-order valence-corrected chi connectivity index (χ0v) is 8.31. The summed E-state index contributed by atoms with van der Waals surface area (Å²) in [5, 5.41) is 0.190. The Bertz CT molecular complexity index is 305. The van der Waals surface area contributed by atoms with E-state index in [1.54, 1.807) is 6.07 Å². The molecule has 0 N–H and O–H groups in total. The molecule has 0 bridgehead atoms. The van der Waals surface area contributed by atoms with Crippen LogP contribution in [0.2, 0.25) is 5.02 Å². The molecule has 0 saturated carbocycles. The summed E-state index contributed by atoms with van der Waals surface area (Å²) in [6.45, 7) is 1.97. The number of hydrogen-bond donors (Lipinski definition) is 0. The van der Waals surface area contributed by atoms with Crippen LogP contribution in [-0.4, -0.2) is 0 Å². The van der Waals surface area contributed by atoms with Crippen LogP contribution in [0.3, 0.4) is 0 Å². The topological polar surface area (TPSA) is 0 Å². The number of aryl methyl sites for hydroxylation is 1. The molecule has 0 spiro atoms. The standard InChI is InChI=1S/C11H12ClF/c1-2-3-4-5-9-6-7-10(12)11(13)8-9/h2-3,6-8H,4-5H2,1H3. The molecule has 0 radical (unpaired) electrons. The maximum absolute atomic E-state index is 12.9. The molecular weight excluding hydrogens is 187 g/mol. The fraction of sp³-hybridized carbons (Fsp3) is 0.273. The average Bonchev–Trinajstić information content (AvgIpc) is 2.12. The van der Waals surface area contributed by atoms with E-state index in [0.29, 0.717) is 0 Å². The first-order valence-corrected chi connectivity index (χ1v) is 4.67. The largest absolute Gasteiger partial charge is 0.205 e. The van der Waals surface area contributed by atoms with Gasteiger partial charge in [-0.05, 0) is 37.5 Å². The molecule has 0 fully saturated rings. The molecule has 70 valence electrons. The number of halogens is 2. The van der Waals surface area contributed by atoms with E-state index in [-0.39, 0.29) is 10.8 Å². The highest BCUT2D eigenvalue weighted by atomic mass is 35.5. The number of rotatable bonds is 3. The van der Waals surface area contributed by atoms with E-state index in [0.717, 1.165) is 18.4 Å². The lowest BCUT2D eigenvalue weighted by molar-refractivity contribution is 0.625. The second-order valence-electron chi connectivity index (χ2n) is 2.86. The van der Waals surface area contributed by atoms with Crippen molar-refractivity contribution in [1.82, 2.24) is 0 Å². The molecule has 0 atom stereocenters. The lowest BCUT2D eigenvalue weighted by atomic mass is 10.1. The van der Waals surface area contributed by atoms with Crippen LogP contribution in [0.4, 0.5) is 4.39 Å². The van der Waals surface area contributed by atoms with E-state index < -0.39 is 0 Å². The van der Waals surface area contributed by atoms with Gasteiger partial charge in [0, 0.05) is 0 Å². The first kappa shape index (κ1) is 10.3. The minimum absolute atomic E-state index is 0.190. The summed E-state index contributed by atoms with van der Waals surface area (Å²) in [6, 6.07) is 4.95. The second kappa shape index (κ2) is 5.03. The van der Waals surface area contributed by atoms with Crippen molar-refractivity contribution in [1.29, 1.82) is 0 Å². The van der Waals surface area contributed by atoms with Gasteiger partial charge in [0.2, 0.25) is 0 Å². The summed E-state index contributed by atoms with van der Waals surface area (Å²) >= 11 is 5.55. The first-order chi connectivity index (χ1) is 6.24. The molecule has 1 aromatic carbocycles. The van der Waals surface area contributed by atoms with E-state index in [1.165, 1.54) is 6.07 Å². The van der Waals surface area contributed by atoms with Crippen LogP contribution in [-0.2, 0) is 6.42 Å². The quantitative estimate of drug-likeness (QED) is 0.645. The molecule has 2 heteroatoms. The summed E-state index contributed by atoms with van der Waals surface area (Å²) in [5.74, 6) is -0.334. The Morgan fingerprint density at radius 2 is 2.23 bits per heavy atom. The van der Waals surface area contributed by atoms with Gasteiger partial charge in [0.25, 0.3) is 0 Å². The second-order valence-corrected chi connectivity index (χ2v) is 3.26. The highest BCUT2D eigenvalue weighted by molar-refractivity contribution is 6.30. The highest BCUT2D eigenvalue weighted by Gasteiger charge is 1.99. The van der Waals surface area contributed by atoms with E-state index in [9.17, 15) is 4.39 Å². The number of allylic oxidation sites excluding steroid dienone is 2. The summed E-state index contributed by atoms with van der Waals surface area (Å²) in [4.78, 5) is 0. The summed E-state index contributed by atoms with van der Waals surface area (Å²) in [7, 11) is 0. The Kier molecular flexibility index (Phi) is 3.97. The smallest absolute Gasteiger partial charge is 0.142 e. The Morgan fingerprint density at radius 1 is 1.46 bits per heavy atom. The molecule has 1 aromatic rings. The Labute approximate surface area is 83.0 Å². The minimum Gasteiger partial charge on any atom is -0.205 e. The van der Waals surface area contributed by atoms with Gasteiger partial charge < -0.3 is 0 Å². The zero-order valence-electron chi connectivity index (χ0n) is 7.56. The maximum Gasteiger partial charge on any atom is 0.142 e. The first-order valence-electron chi connectivity index (χ1n) is 4.29. The minimum atomic E-state index is -0.334. The molecule has 0 heterocycles. The van der Waals surface area contributed by atoms with Crippen molar-refractivity contribution in [2.24, 2.45) is 0 Å². The molecule has 0 unspecified atom stereocenters. The third kappa shape index (κ3) is 3.19. The number of hydrogen-bond acceptors (Lipinski definition) is 0. The predicted octanol–water partition coefficient (Wildman–Crippen LogP) is 3.99. The third-order valence-electron chi connectivity index (χ3n) is 1.82. The normalized spacial score (nSPS) is 11.0. The third-order valence-corrected chi connectivity index (χ3v) is 2.13. The zero-order chi connectivity index (χ0) is 9.68. The Balaban J connectivity index is 2.63. The SMILES string of the molecule is CC=CCCc1ccc(Cl)c(F)c1. The lowest BCUT2D eigenvalue weighted by Crippen LogP contribution is -1.85. The molecule has 0 aliphatic carbocycles. The fourth-order valence-electron chi connectivity index (χ4n) is 1.11. The van der Waals surface area contributed by atoms with Crippen molar-refractivity contribution in [2.75, 3.05) is 0 Å². The van der Waals surface area contributed by atoms with Crippen LogP contribution in [0.15, 0.2) is 30.4 Å². The van der Waals surface area contributed by atoms with Crippen molar-refractivity contribution >= 4 is 11.6 Å². The van der Waals surface area contributed by atoms with Crippen molar-refractivity contribution in [3.63, 3.8) is 0 Å². The van der Waals surface area contributed by atoms with E-state index in [4.69, 9.17) is 11.6 Å². The van der Waals surface area contributed by atoms with Gasteiger partial charge in [-0.15, -0.1) is 0 Å². The van der Waals surface area contributed by atoms with Gasteiger partial charge in [-0.3, -0.25) is 0 Å². The Morgan fingerprint density at radius 3 is 2.85 bits per heavy atom. The average molecular weight is 199 g/mol. The molecule has 0 aliphatic heterocycles. The summed E-state index contributed by atoms with van der Waals surface area (Å²) < 4.78 is 12.9. The van der Waals surface area contributed by atoms with Gasteiger partial charge in [-0.2, -0.15) is 0 Å². The maximum atomic E-state index is 12.9. The molecular formula is C11H12ClF. The molecule has 0 nitrogen and oxygen atoms in total. The lowest BCUT2D eigenvalue weighted by Gasteiger charge is -1.99. The van der Waals surface area contributed by atoms with Crippen molar-refractivity contribution in [3.05, 3.63) is 46.8 Å². The molecule has 0 aromatic heterocycles. The van der Waals surface area contributed by atoms with Crippen LogP contribution in [0.5, 0.6) is 0 Å². The van der Waals surface area contributed by atoms with Gasteiger partial charge in [-0.25, -0.2) is 4.39 Å². The van der Waals surface area contributed by atoms with Crippen molar-refractivity contribution in [3.8, 4) is 0 Å². The fourth-order valence-corrected chi connectivity index (χ4v) is 1.23. The van der Waals surface area contributed by atoms with Crippen LogP contribution in [0.25, 0.3) is 0 Å². The van der Waals surface area contributed by atoms with Gasteiger partial charge in [0.1, 0.15) is 5.82 Å². The van der Waals surface area contributed by atoms with Gasteiger partial charge in [-0.1, -0.05) is 29.8 Å². The molecule has 0 saturated heterocycles. The van der Waals surface area contributed by atoms with E-state index in [2.05, 4.69) is 6.08 Å². The predicted molar refractivity (Wildman–Crippen MR) is 54.5 cm³/mol. The Hall–Kier alpha value is -0.820.